The zero-order valence-electron chi connectivity index (χ0n) is 26.3. The Balaban J connectivity index is 0.000000270. The molecule has 0 heterocycles. The number of rotatable bonds is 8. The average molecular weight is 699 g/mol. The SMILES string of the molecule is COC(=O)/C(=C\c1ccccc1)OC(=Nc1ccccc1)C(F)(F)F.COC(=O)/C(=C\c1ccccc1)OC(=Nc1ccccc1)C(F)(F)F. The van der Waals surface area contributed by atoms with Crippen LogP contribution in [0.5, 0.6) is 0 Å². The summed E-state index contributed by atoms with van der Waals surface area (Å²) < 4.78 is 98.0. The predicted molar refractivity (Wildman–Crippen MR) is 174 cm³/mol. The highest BCUT2D eigenvalue weighted by molar-refractivity contribution is 5.97. The van der Waals surface area contributed by atoms with Crippen LogP contribution in [0, 0.1) is 0 Å². The topological polar surface area (TPSA) is 95.8 Å². The Bertz CT molecular complexity index is 1670. The first-order chi connectivity index (χ1) is 23.8. The van der Waals surface area contributed by atoms with Crippen LogP contribution in [0.2, 0.25) is 0 Å². The number of ether oxygens (including phenoxy) is 4. The molecule has 0 aliphatic carbocycles. The molecule has 0 aliphatic heterocycles. The summed E-state index contributed by atoms with van der Waals surface area (Å²) in [5, 5.41) is 0. The zero-order valence-corrected chi connectivity index (χ0v) is 26.3. The van der Waals surface area contributed by atoms with Gasteiger partial charge in [0.2, 0.25) is 11.5 Å². The molecule has 0 N–H and O–H groups in total. The molecule has 0 aliphatic rings. The highest BCUT2D eigenvalue weighted by Crippen LogP contribution is 2.26. The van der Waals surface area contributed by atoms with Crippen molar-refractivity contribution in [2.75, 3.05) is 14.2 Å². The van der Waals surface area contributed by atoms with E-state index in [0.717, 1.165) is 26.4 Å². The summed E-state index contributed by atoms with van der Waals surface area (Å²) in [5.41, 5.74) is 1.03. The molecule has 0 atom stereocenters. The number of para-hydroxylation sites is 2. The molecule has 4 aromatic rings. The molecule has 0 saturated carbocycles. The second kappa shape index (κ2) is 18.4. The molecule has 14 heteroatoms. The van der Waals surface area contributed by atoms with Crippen LogP contribution in [0.4, 0.5) is 37.7 Å². The molecular weight excluding hydrogens is 670 g/mol. The molecule has 0 bridgehead atoms. The van der Waals surface area contributed by atoms with Crippen LogP contribution in [0.3, 0.4) is 0 Å². The van der Waals surface area contributed by atoms with E-state index < -0.39 is 47.6 Å². The first-order valence-corrected chi connectivity index (χ1v) is 14.3. The number of carbonyl (C=O) groups excluding carboxylic acids is 2. The maximum absolute atomic E-state index is 13.2. The third-order valence-corrected chi connectivity index (χ3v) is 5.84. The van der Waals surface area contributed by atoms with E-state index in [1.165, 1.54) is 48.5 Å². The number of halogens is 6. The van der Waals surface area contributed by atoms with E-state index in [2.05, 4.69) is 19.5 Å². The van der Waals surface area contributed by atoms with Crippen LogP contribution < -0.4 is 0 Å². The summed E-state index contributed by atoms with van der Waals surface area (Å²) in [6, 6.07) is 31.5. The summed E-state index contributed by atoms with van der Waals surface area (Å²) in [6.07, 6.45) is -7.48. The van der Waals surface area contributed by atoms with Gasteiger partial charge in [0.05, 0.1) is 25.6 Å². The van der Waals surface area contributed by atoms with E-state index in [0.29, 0.717) is 11.1 Å². The number of esters is 2. The number of nitrogens with zero attached hydrogens (tertiary/aromatic N) is 2. The van der Waals surface area contributed by atoms with Gasteiger partial charge in [0.1, 0.15) is 0 Å². The van der Waals surface area contributed by atoms with Gasteiger partial charge in [-0.3, -0.25) is 0 Å². The van der Waals surface area contributed by atoms with Crippen LogP contribution in [0.1, 0.15) is 11.1 Å². The van der Waals surface area contributed by atoms with Crippen molar-refractivity contribution in [2.24, 2.45) is 9.98 Å². The highest BCUT2D eigenvalue weighted by atomic mass is 19.4. The van der Waals surface area contributed by atoms with E-state index in [9.17, 15) is 35.9 Å². The maximum Gasteiger partial charge on any atom is 0.468 e. The number of carbonyl (C=O) groups is 2. The Morgan fingerprint density at radius 1 is 0.500 bits per heavy atom. The molecule has 0 unspecified atom stereocenters. The third-order valence-electron chi connectivity index (χ3n) is 5.84. The lowest BCUT2D eigenvalue weighted by atomic mass is 10.2. The summed E-state index contributed by atoms with van der Waals surface area (Å²) in [7, 11) is 2.10. The number of aliphatic imine (C=N–C) groups is 2. The van der Waals surface area contributed by atoms with Gasteiger partial charge in [0.15, 0.2) is 0 Å². The monoisotopic (exact) mass is 698 g/mol. The first-order valence-electron chi connectivity index (χ1n) is 14.3. The molecule has 0 amide bonds. The largest absolute Gasteiger partial charge is 0.468 e. The van der Waals surface area contributed by atoms with E-state index in [1.807, 2.05) is 0 Å². The summed E-state index contributed by atoms with van der Waals surface area (Å²) in [4.78, 5) is 30.5. The lowest BCUT2D eigenvalue weighted by molar-refractivity contribution is -0.140. The van der Waals surface area contributed by atoms with Crippen LogP contribution in [-0.4, -0.2) is 50.3 Å². The molecule has 0 saturated heterocycles. The normalized spacial score (nSPS) is 12.6. The van der Waals surface area contributed by atoms with Crippen LogP contribution >= 0.6 is 0 Å². The van der Waals surface area contributed by atoms with Gasteiger partial charge in [-0.2, -0.15) is 26.3 Å². The van der Waals surface area contributed by atoms with Crippen LogP contribution in [-0.2, 0) is 28.5 Å². The van der Waals surface area contributed by atoms with E-state index in [1.54, 1.807) is 72.8 Å². The van der Waals surface area contributed by atoms with Gasteiger partial charge < -0.3 is 18.9 Å². The minimum Gasteiger partial charge on any atom is -0.463 e. The van der Waals surface area contributed by atoms with Crippen molar-refractivity contribution in [2.45, 2.75) is 12.4 Å². The molecule has 50 heavy (non-hydrogen) atoms. The molecule has 260 valence electrons. The Morgan fingerprint density at radius 2 is 0.780 bits per heavy atom. The fraction of sp³-hybridized carbons (Fsp3) is 0.111. The standard InChI is InChI=1S/2C18H14F3NO3/c2*1-24-16(23)15(12-13-8-4-2-5-9-13)25-17(18(19,20)21)22-14-10-6-3-7-11-14/h2*2-12H,1H3/b2*15-12+,22-17?. The van der Waals surface area contributed by atoms with Crippen molar-refractivity contribution in [3.05, 3.63) is 144 Å². The second-order valence-electron chi connectivity index (χ2n) is 9.53. The van der Waals surface area contributed by atoms with Crippen molar-refractivity contribution >= 4 is 47.3 Å². The minimum absolute atomic E-state index is 0.0405. The van der Waals surface area contributed by atoms with Crippen LogP contribution in [0.15, 0.2) is 143 Å². The van der Waals surface area contributed by atoms with Crippen molar-refractivity contribution in [1.29, 1.82) is 0 Å². The van der Waals surface area contributed by atoms with Crippen molar-refractivity contribution in [3.8, 4) is 0 Å². The molecular formula is C36H28F6N2O6. The lowest BCUT2D eigenvalue weighted by Crippen LogP contribution is -2.27. The van der Waals surface area contributed by atoms with E-state index >= 15 is 0 Å². The van der Waals surface area contributed by atoms with Gasteiger partial charge in [-0.15, -0.1) is 0 Å². The van der Waals surface area contributed by atoms with Gasteiger partial charge >= 0.3 is 36.1 Å². The Hall–Kier alpha value is -6.18. The fourth-order valence-corrected chi connectivity index (χ4v) is 3.60. The predicted octanol–water partition coefficient (Wildman–Crippen LogP) is 9.02. The van der Waals surface area contributed by atoms with Gasteiger partial charge in [0, 0.05) is 0 Å². The number of alkyl halides is 6. The van der Waals surface area contributed by atoms with Crippen molar-refractivity contribution in [1.82, 2.24) is 0 Å². The summed E-state index contributed by atoms with van der Waals surface area (Å²) in [5.74, 6) is -6.47. The van der Waals surface area contributed by atoms with Crippen molar-refractivity contribution in [3.63, 3.8) is 0 Å². The fourth-order valence-electron chi connectivity index (χ4n) is 3.60. The number of benzene rings is 4. The minimum atomic E-state index is -4.89. The molecule has 0 fully saturated rings. The number of hydrogen-bond donors (Lipinski definition) is 0. The molecule has 0 spiro atoms. The molecule has 4 aromatic carbocycles. The summed E-state index contributed by atoms with van der Waals surface area (Å²) in [6.45, 7) is 0. The Morgan fingerprint density at radius 3 is 1.04 bits per heavy atom. The van der Waals surface area contributed by atoms with Gasteiger partial charge in [-0.1, -0.05) is 97.1 Å². The summed E-state index contributed by atoms with van der Waals surface area (Å²) >= 11 is 0. The second-order valence-corrected chi connectivity index (χ2v) is 9.53. The lowest BCUT2D eigenvalue weighted by Gasteiger charge is -2.13. The van der Waals surface area contributed by atoms with Crippen molar-refractivity contribution < 1.29 is 54.9 Å². The Labute approximate surface area is 282 Å². The highest BCUT2D eigenvalue weighted by Gasteiger charge is 2.41. The Kier molecular flexibility index (Phi) is 14.1. The molecule has 4 rings (SSSR count). The van der Waals surface area contributed by atoms with E-state index in [4.69, 9.17) is 9.47 Å². The quantitative estimate of drug-likeness (QED) is 0.0455. The number of hydrogen-bond acceptors (Lipinski definition) is 8. The smallest absolute Gasteiger partial charge is 0.463 e. The molecule has 8 nitrogen and oxygen atoms in total. The maximum atomic E-state index is 13.2. The molecule has 0 radical (unpaired) electrons. The first kappa shape index (κ1) is 38.3. The van der Waals surface area contributed by atoms with Gasteiger partial charge in [-0.05, 0) is 47.5 Å². The molecule has 0 aromatic heterocycles. The van der Waals surface area contributed by atoms with E-state index in [-0.39, 0.29) is 11.4 Å². The average Bonchev–Trinajstić information content (AvgIpc) is 3.11. The zero-order chi connectivity index (χ0) is 36.6. The van der Waals surface area contributed by atoms with Gasteiger partial charge in [-0.25, -0.2) is 19.6 Å². The third kappa shape index (κ3) is 12.8. The van der Waals surface area contributed by atoms with Crippen LogP contribution in [0.25, 0.3) is 12.2 Å². The number of methoxy groups -OCH3 is 2. The van der Waals surface area contributed by atoms with Gasteiger partial charge in [0.25, 0.3) is 0 Å².